The molecule has 1 saturated heterocycles. The lowest BCUT2D eigenvalue weighted by Gasteiger charge is -2.32. The van der Waals surface area contributed by atoms with Gasteiger partial charge in [0.15, 0.2) is 0 Å². The predicted octanol–water partition coefficient (Wildman–Crippen LogP) is 2.03. The molecule has 1 N–H and O–H groups in total. The maximum atomic E-state index is 12.7. The normalized spacial score (nSPS) is 15.7. The molecule has 27 heavy (non-hydrogen) atoms. The molecule has 1 amide bonds. The Bertz CT molecular complexity index is 882. The fourth-order valence-electron chi connectivity index (χ4n) is 3.04. The zero-order valence-corrected chi connectivity index (χ0v) is 16.7. The van der Waals surface area contributed by atoms with Crippen molar-refractivity contribution in [3.8, 4) is 0 Å². The van der Waals surface area contributed by atoms with Crippen LogP contribution in [0.5, 0.6) is 0 Å². The van der Waals surface area contributed by atoms with Gasteiger partial charge >= 0.3 is 0 Å². The monoisotopic (exact) mass is 406 g/mol. The third-order valence-electron chi connectivity index (χ3n) is 4.60. The van der Waals surface area contributed by atoms with Crippen LogP contribution in [0.2, 0.25) is 0 Å². The maximum Gasteiger partial charge on any atom is 0.256 e. The van der Waals surface area contributed by atoms with E-state index in [9.17, 15) is 13.2 Å². The van der Waals surface area contributed by atoms with E-state index in [2.05, 4.69) is 14.7 Å². The number of carbonyl (C=O) groups excluding carboxylic acids is 1. The van der Waals surface area contributed by atoms with Crippen molar-refractivity contribution in [2.45, 2.75) is 22.8 Å². The van der Waals surface area contributed by atoms with Gasteiger partial charge in [-0.25, -0.2) is 18.1 Å². The molecular weight excluding hydrogens is 384 g/mol. The van der Waals surface area contributed by atoms with Gasteiger partial charge in [-0.3, -0.25) is 9.78 Å². The first-order valence-electron chi connectivity index (χ1n) is 8.69. The standard InChI is InChI=1S/C18H22N4O3S2/c1-26-17-16(5-3-9-20-17)18(23)22-10-6-14(7-11-22)12-21-27(24,25)15-4-2-8-19-13-15/h2-5,8-9,13-14,21H,6-7,10-12H2,1H3. The lowest BCUT2D eigenvalue weighted by Crippen LogP contribution is -2.41. The van der Waals surface area contributed by atoms with Crippen molar-refractivity contribution in [3.05, 3.63) is 48.4 Å². The molecule has 3 heterocycles. The quantitative estimate of drug-likeness (QED) is 0.738. The Morgan fingerprint density at radius 2 is 2.00 bits per heavy atom. The Morgan fingerprint density at radius 1 is 1.26 bits per heavy atom. The number of nitrogens with one attached hydrogen (secondary N) is 1. The van der Waals surface area contributed by atoms with Gasteiger partial charge in [-0.2, -0.15) is 0 Å². The van der Waals surface area contributed by atoms with Crippen molar-refractivity contribution in [1.82, 2.24) is 19.6 Å². The van der Waals surface area contributed by atoms with E-state index in [1.54, 1.807) is 24.4 Å². The van der Waals surface area contributed by atoms with Crippen molar-refractivity contribution in [3.63, 3.8) is 0 Å². The van der Waals surface area contributed by atoms with E-state index in [1.165, 1.54) is 30.2 Å². The number of piperidine rings is 1. The van der Waals surface area contributed by atoms with Gasteiger partial charge in [0.25, 0.3) is 5.91 Å². The SMILES string of the molecule is CSc1ncccc1C(=O)N1CCC(CNS(=O)(=O)c2cccnc2)CC1. The smallest absolute Gasteiger partial charge is 0.256 e. The highest BCUT2D eigenvalue weighted by Crippen LogP contribution is 2.23. The van der Waals surface area contributed by atoms with E-state index in [0.717, 1.165) is 17.9 Å². The summed E-state index contributed by atoms with van der Waals surface area (Å²) in [4.78, 5) is 22.8. The molecule has 144 valence electrons. The van der Waals surface area contributed by atoms with Crippen molar-refractivity contribution < 1.29 is 13.2 Å². The first-order valence-corrected chi connectivity index (χ1v) is 11.4. The Morgan fingerprint density at radius 3 is 2.67 bits per heavy atom. The summed E-state index contributed by atoms with van der Waals surface area (Å²) in [6.45, 7) is 1.59. The van der Waals surface area contributed by atoms with E-state index in [1.807, 2.05) is 11.2 Å². The third kappa shape index (κ3) is 4.85. The highest BCUT2D eigenvalue weighted by Gasteiger charge is 2.26. The number of nitrogens with zero attached hydrogens (tertiary/aromatic N) is 3. The molecule has 0 radical (unpaired) electrons. The fourth-order valence-corrected chi connectivity index (χ4v) is 4.66. The van der Waals surface area contributed by atoms with Gasteiger partial charge in [0, 0.05) is 38.2 Å². The highest BCUT2D eigenvalue weighted by molar-refractivity contribution is 7.98. The summed E-state index contributed by atoms with van der Waals surface area (Å²) >= 11 is 1.46. The number of sulfonamides is 1. The molecule has 7 nitrogen and oxygen atoms in total. The molecule has 0 spiro atoms. The lowest BCUT2D eigenvalue weighted by atomic mass is 9.97. The number of hydrogen-bond acceptors (Lipinski definition) is 6. The molecule has 1 aliphatic heterocycles. The number of pyridine rings is 2. The van der Waals surface area contributed by atoms with Gasteiger partial charge in [-0.1, -0.05) is 0 Å². The zero-order chi connectivity index (χ0) is 19.3. The summed E-state index contributed by atoms with van der Waals surface area (Å²) in [6.07, 6.45) is 7.98. The second-order valence-electron chi connectivity index (χ2n) is 6.34. The lowest BCUT2D eigenvalue weighted by molar-refractivity contribution is 0.0687. The summed E-state index contributed by atoms with van der Waals surface area (Å²) < 4.78 is 27.2. The molecule has 2 aromatic heterocycles. The molecule has 0 bridgehead atoms. The summed E-state index contributed by atoms with van der Waals surface area (Å²) in [5.74, 6) is 0.191. The average molecular weight is 407 g/mol. The summed E-state index contributed by atoms with van der Waals surface area (Å²) in [5.41, 5.74) is 0.626. The van der Waals surface area contributed by atoms with Crippen LogP contribution in [0.1, 0.15) is 23.2 Å². The molecule has 0 unspecified atom stereocenters. The number of likely N-dealkylation sites (tertiary alicyclic amines) is 1. The largest absolute Gasteiger partial charge is 0.339 e. The number of aromatic nitrogens is 2. The number of hydrogen-bond donors (Lipinski definition) is 1. The van der Waals surface area contributed by atoms with E-state index in [-0.39, 0.29) is 16.7 Å². The Labute approximate surface area is 163 Å². The van der Waals surface area contributed by atoms with Crippen LogP contribution in [0, 0.1) is 5.92 Å². The van der Waals surface area contributed by atoms with Gasteiger partial charge in [-0.15, -0.1) is 11.8 Å². The molecule has 0 atom stereocenters. The summed E-state index contributed by atoms with van der Waals surface area (Å²) in [7, 11) is -3.55. The topological polar surface area (TPSA) is 92.3 Å². The second kappa shape index (κ2) is 8.81. The fraction of sp³-hybridized carbons (Fsp3) is 0.389. The molecule has 0 aromatic carbocycles. The predicted molar refractivity (Wildman–Crippen MR) is 104 cm³/mol. The molecule has 0 saturated carbocycles. The van der Waals surface area contributed by atoms with Crippen LogP contribution in [0.15, 0.2) is 52.8 Å². The van der Waals surface area contributed by atoms with Gasteiger partial charge in [-0.05, 0) is 49.3 Å². The van der Waals surface area contributed by atoms with Gasteiger partial charge in [0.2, 0.25) is 10.0 Å². The minimum Gasteiger partial charge on any atom is -0.339 e. The van der Waals surface area contributed by atoms with Gasteiger partial charge in [0.1, 0.15) is 9.92 Å². The minimum absolute atomic E-state index is 0.0122. The van der Waals surface area contributed by atoms with Crippen LogP contribution in [-0.4, -0.2) is 55.1 Å². The van der Waals surface area contributed by atoms with Crippen molar-refractivity contribution in [1.29, 1.82) is 0 Å². The van der Waals surface area contributed by atoms with Crippen molar-refractivity contribution in [2.75, 3.05) is 25.9 Å². The number of rotatable bonds is 6. The Hall–Kier alpha value is -1.97. The van der Waals surface area contributed by atoms with Gasteiger partial charge < -0.3 is 4.90 Å². The van der Waals surface area contributed by atoms with Crippen molar-refractivity contribution in [2.24, 2.45) is 5.92 Å². The molecule has 2 aromatic rings. The minimum atomic E-state index is -3.55. The molecular formula is C18H22N4O3S2. The van der Waals surface area contributed by atoms with Crippen LogP contribution in [0.25, 0.3) is 0 Å². The number of amides is 1. The molecule has 1 aliphatic rings. The van der Waals surface area contributed by atoms with Crippen molar-refractivity contribution >= 4 is 27.7 Å². The molecule has 1 fully saturated rings. The molecule has 3 rings (SSSR count). The van der Waals surface area contributed by atoms with Gasteiger partial charge in [0.05, 0.1) is 5.56 Å². The van der Waals surface area contributed by atoms with Crippen LogP contribution >= 0.6 is 11.8 Å². The van der Waals surface area contributed by atoms with E-state index >= 15 is 0 Å². The first kappa shape index (κ1) is 19.8. The number of carbonyl (C=O) groups is 1. The summed E-state index contributed by atoms with van der Waals surface area (Å²) in [6, 6.07) is 6.69. The maximum absolute atomic E-state index is 12.7. The highest BCUT2D eigenvalue weighted by atomic mass is 32.2. The van der Waals surface area contributed by atoms with E-state index in [0.29, 0.717) is 25.2 Å². The summed E-state index contributed by atoms with van der Waals surface area (Å²) in [5, 5.41) is 0.730. The Balaban J connectivity index is 1.54. The molecule has 9 heteroatoms. The number of thioether (sulfide) groups is 1. The third-order valence-corrected chi connectivity index (χ3v) is 6.72. The molecule has 0 aliphatic carbocycles. The first-order chi connectivity index (χ1) is 13.0. The van der Waals surface area contributed by atoms with E-state index < -0.39 is 10.0 Å². The Kier molecular flexibility index (Phi) is 6.46. The zero-order valence-electron chi connectivity index (χ0n) is 15.0. The van der Waals surface area contributed by atoms with Crippen LogP contribution in [-0.2, 0) is 10.0 Å². The van der Waals surface area contributed by atoms with E-state index in [4.69, 9.17) is 0 Å². The van der Waals surface area contributed by atoms with Crippen LogP contribution in [0.4, 0.5) is 0 Å². The van der Waals surface area contributed by atoms with Crippen LogP contribution in [0.3, 0.4) is 0 Å². The average Bonchev–Trinajstić information content (AvgIpc) is 2.73. The van der Waals surface area contributed by atoms with Crippen LogP contribution < -0.4 is 4.72 Å². The second-order valence-corrected chi connectivity index (χ2v) is 8.90.